The number of nitrogens with zero attached hydrogens (tertiary/aromatic N) is 1. The molecule has 3 nitrogen and oxygen atoms in total. The Hall–Kier alpha value is -3.24. The zero-order valence-electron chi connectivity index (χ0n) is 17.6. The van der Waals surface area contributed by atoms with Crippen molar-refractivity contribution in [3.8, 4) is 5.75 Å². The minimum Gasteiger partial charge on any atom is -0.494 e. The van der Waals surface area contributed by atoms with Crippen molar-refractivity contribution in [3.63, 3.8) is 0 Å². The quantitative estimate of drug-likeness (QED) is 0.484. The van der Waals surface area contributed by atoms with E-state index in [-0.39, 0.29) is 11.5 Å². The predicted molar refractivity (Wildman–Crippen MR) is 129 cm³/mol. The van der Waals surface area contributed by atoms with Gasteiger partial charge in [-0.05, 0) is 60.7 Å². The number of rotatable bonds is 6. The number of thiophene rings is 1. The van der Waals surface area contributed by atoms with Gasteiger partial charge < -0.3 is 10.2 Å². The number of allylic oxidation sites excluding steroid dienone is 4. The summed E-state index contributed by atoms with van der Waals surface area (Å²) in [5.74, 6) is 0.896. The van der Waals surface area contributed by atoms with Crippen LogP contribution in [0.3, 0.4) is 0 Å². The van der Waals surface area contributed by atoms with E-state index in [4.69, 9.17) is 4.74 Å². The summed E-state index contributed by atoms with van der Waals surface area (Å²) in [6.07, 6.45) is 12.2. The highest BCUT2D eigenvalue weighted by molar-refractivity contribution is 7.10. The summed E-state index contributed by atoms with van der Waals surface area (Å²) < 4.78 is 5.65. The fourth-order valence-electron chi connectivity index (χ4n) is 4.41. The maximum atomic E-state index is 5.65. The minimum atomic E-state index is -0.203. The van der Waals surface area contributed by atoms with Crippen LogP contribution >= 0.6 is 11.3 Å². The summed E-state index contributed by atoms with van der Waals surface area (Å²) >= 11 is 1.79. The fraction of sp³-hybridized carbons (Fsp3) is 0.185. The Balaban J connectivity index is 1.56. The van der Waals surface area contributed by atoms with Gasteiger partial charge in [-0.2, -0.15) is 0 Å². The molecule has 1 aromatic heterocycles. The second-order valence-corrected chi connectivity index (χ2v) is 8.76. The number of hydrogen-bond acceptors (Lipinski definition) is 4. The molecule has 2 unspecified atom stereocenters. The van der Waals surface area contributed by atoms with Gasteiger partial charge in [-0.25, -0.2) is 0 Å². The largest absolute Gasteiger partial charge is 0.494 e. The van der Waals surface area contributed by atoms with Gasteiger partial charge in [-0.15, -0.1) is 11.3 Å². The summed E-state index contributed by atoms with van der Waals surface area (Å²) in [5, 5.41) is 4.42. The van der Waals surface area contributed by atoms with Crippen LogP contribution in [0.2, 0.25) is 0 Å². The third-order valence-electron chi connectivity index (χ3n) is 5.94. The van der Waals surface area contributed by atoms with Gasteiger partial charge in [0.2, 0.25) is 0 Å². The molecule has 0 saturated heterocycles. The van der Waals surface area contributed by atoms with Crippen molar-refractivity contribution in [2.24, 2.45) is 0 Å². The molecule has 2 heterocycles. The van der Waals surface area contributed by atoms with Crippen molar-refractivity contribution in [1.82, 2.24) is 5.43 Å². The van der Waals surface area contributed by atoms with E-state index in [9.17, 15) is 0 Å². The van der Waals surface area contributed by atoms with Gasteiger partial charge in [0.15, 0.2) is 0 Å². The molecular formula is C27H26N2OS. The average molecular weight is 427 g/mol. The number of hydrogen-bond donors (Lipinski definition) is 1. The molecule has 0 radical (unpaired) electrons. The molecule has 0 amide bonds. The van der Waals surface area contributed by atoms with Crippen LogP contribution in [0.1, 0.15) is 29.8 Å². The highest BCUT2D eigenvalue weighted by Gasteiger charge is 2.40. The molecule has 0 fully saturated rings. The van der Waals surface area contributed by atoms with Crippen molar-refractivity contribution in [3.05, 3.63) is 119 Å². The van der Waals surface area contributed by atoms with Crippen LogP contribution in [0.25, 0.3) is 0 Å². The number of anilines is 1. The lowest BCUT2D eigenvalue weighted by molar-refractivity contribution is 0.340. The molecule has 0 saturated carbocycles. The van der Waals surface area contributed by atoms with E-state index in [2.05, 4.69) is 101 Å². The molecule has 4 heteroatoms. The van der Waals surface area contributed by atoms with E-state index in [1.807, 2.05) is 19.1 Å². The van der Waals surface area contributed by atoms with Gasteiger partial charge in [0.1, 0.15) is 11.8 Å². The summed E-state index contributed by atoms with van der Waals surface area (Å²) in [4.78, 5) is 1.31. The SMILES string of the molecule is CCOc1ccc(N2NC(C3(c4ccccc4)C=CC=CC3)=CC2c2cccs2)cc1. The third-order valence-corrected chi connectivity index (χ3v) is 6.88. The molecule has 156 valence electrons. The fourth-order valence-corrected chi connectivity index (χ4v) is 5.19. The molecule has 2 aliphatic rings. The molecule has 0 spiro atoms. The Morgan fingerprint density at radius 3 is 2.55 bits per heavy atom. The summed E-state index contributed by atoms with van der Waals surface area (Å²) in [6.45, 7) is 2.68. The van der Waals surface area contributed by atoms with Gasteiger partial charge in [-0.1, -0.05) is 60.7 Å². The smallest absolute Gasteiger partial charge is 0.119 e. The first-order valence-corrected chi connectivity index (χ1v) is 11.6. The van der Waals surface area contributed by atoms with Crippen LogP contribution in [-0.4, -0.2) is 6.61 Å². The number of hydrazine groups is 1. The molecule has 1 N–H and O–H groups in total. The van der Waals surface area contributed by atoms with Crippen LogP contribution in [0, 0.1) is 0 Å². The van der Waals surface area contributed by atoms with E-state index >= 15 is 0 Å². The van der Waals surface area contributed by atoms with Crippen molar-refractivity contribution in [2.75, 3.05) is 11.6 Å². The van der Waals surface area contributed by atoms with Crippen LogP contribution in [0.4, 0.5) is 5.69 Å². The van der Waals surface area contributed by atoms with Gasteiger partial charge in [0.25, 0.3) is 0 Å². The van der Waals surface area contributed by atoms with Crippen LogP contribution in [0.15, 0.2) is 108 Å². The van der Waals surface area contributed by atoms with Crippen LogP contribution in [-0.2, 0) is 5.41 Å². The topological polar surface area (TPSA) is 24.5 Å². The van der Waals surface area contributed by atoms with E-state index < -0.39 is 0 Å². The average Bonchev–Trinajstić information content (AvgIpc) is 3.51. The molecule has 1 aliphatic carbocycles. The Morgan fingerprint density at radius 2 is 1.87 bits per heavy atom. The van der Waals surface area contributed by atoms with Crippen molar-refractivity contribution < 1.29 is 4.74 Å². The summed E-state index contributed by atoms with van der Waals surface area (Å²) in [7, 11) is 0. The molecule has 2 atom stereocenters. The van der Waals surface area contributed by atoms with E-state index in [1.165, 1.54) is 16.1 Å². The Bertz CT molecular complexity index is 1100. The lowest BCUT2D eigenvalue weighted by Gasteiger charge is -2.35. The highest BCUT2D eigenvalue weighted by atomic mass is 32.1. The maximum Gasteiger partial charge on any atom is 0.119 e. The Morgan fingerprint density at radius 1 is 1.03 bits per heavy atom. The summed E-state index contributed by atoms with van der Waals surface area (Å²) in [5.41, 5.74) is 7.21. The number of benzene rings is 2. The molecule has 5 rings (SSSR count). The maximum absolute atomic E-state index is 5.65. The first kappa shape index (κ1) is 19.7. The highest BCUT2D eigenvalue weighted by Crippen LogP contribution is 2.44. The van der Waals surface area contributed by atoms with E-state index in [1.54, 1.807) is 11.3 Å². The zero-order valence-corrected chi connectivity index (χ0v) is 18.4. The lowest BCUT2D eigenvalue weighted by Crippen LogP contribution is -2.40. The van der Waals surface area contributed by atoms with E-state index in [0.29, 0.717) is 6.61 Å². The third kappa shape index (κ3) is 3.68. The lowest BCUT2D eigenvalue weighted by atomic mass is 9.73. The van der Waals surface area contributed by atoms with Gasteiger partial charge in [0, 0.05) is 10.6 Å². The predicted octanol–water partition coefficient (Wildman–Crippen LogP) is 6.55. The monoisotopic (exact) mass is 426 g/mol. The van der Waals surface area contributed by atoms with Gasteiger partial charge in [-0.3, -0.25) is 5.01 Å². The molecular weight excluding hydrogens is 400 g/mol. The minimum absolute atomic E-state index is 0.132. The first-order valence-electron chi connectivity index (χ1n) is 10.7. The second kappa shape index (κ2) is 8.48. The molecule has 0 bridgehead atoms. The Labute approximate surface area is 188 Å². The molecule has 1 aliphatic heterocycles. The van der Waals surface area contributed by atoms with Crippen LogP contribution in [0.5, 0.6) is 5.75 Å². The van der Waals surface area contributed by atoms with Crippen molar-refractivity contribution in [2.45, 2.75) is 24.8 Å². The van der Waals surface area contributed by atoms with Crippen molar-refractivity contribution in [1.29, 1.82) is 0 Å². The Kier molecular flexibility index (Phi) is 5.39. The first-order chi connectivity index (χ1) is 15.3. The molecule has 3 aromatic rings. The van der Waals surface area contributed by atoms with Gasteiger partial charge in [0.05, 0.1) is 17.7 Å². The zero-order chi connectivity index (χ0) is 21.1. The van der Waals surface area contributed by atoms with Crippen molar-refractivity contribution >= 4 is 17.0 Å². The van der Waals surface area contributed by atoms with Crippen LogP contribution < -0.4 is 15.2 Å². The molecule has 2 aromatic carbocycles. The number of nitrogens with one attached hydrogen (secondary N) is 1. The second-order valence-electron chi connectivity index (χ2n) is 7.78. The summed E-state index contributed by atoms with van der Waals surface area (Å²) in [6, 6.07) is 23.6. The van der Waals surface area contributed by atoms with Gasteiger partial charge >= 0.3 is 0 Å². The normalized spacial score (nSPS) is 22.3. The van der Waals surface area contributed by atoms with E-state index in [0.717, 1.165) is 17.9 Å². The molecule has 31 heavy (non-hydrogen) atoms. The number of ether oxygens (including phenoxy) is 1. The standard InChI is InChI=1S/C27H26N2OS/c1-2-30-23-15-13-22(14-16-23)29-24(25-12-9-19-31-25)20-26(28-29)27(17-7-4-8-18-27)21-10-5-3-6-11-21/h3-17,19-20,24,28H,2,18H2,1H3.